The number of hydrogen-bond donors (Lipinski definition) is 2. The molecule has 0 bridgehead atoms. The monoisotopic (exact) mass is 279 g/mol. The van der Waals surface area contributed by atoms with Crippen LogP contribution in [0.1, 0.15) is 18.5 Å². The van der Waals surface area contributed by atoms with Gasteiger partial charge in [0.2, 0.25) is 0 Å². The summed E-state index contributed by atoms with van der Waals surface area (Å²) in [6.07, 6.45) is 3.45. The van der Waals surface area contributed by atoms with Gasteiger partial charge >= 0.3 is 0 Å². The van der Waals surface area contributed by atoms with Crippen molar-refractivity contribution in [2.24, 2.45) is 0 Å². The van der Waals surface area contributed by atoms with E-state index in [1.54, 1.807) is 17.4 Å². The van der Waals surface area contributed by atoms with Crippen molar-refractivity contribution in [2.75, 3.05) is 17.6 Å². The van der Waals surface area contributed by atoms with Gasteiger partial charge in [0, 0.05) is 22.8 Å². The largest absolute Gasteiger partial charge is 0.398 e. The number of nitrogen functional groups attached to an aromatic ring is 1. The van der Waals surface area contributed by atoms with E-state index in [9.17, 15) is 0 Å². The van der Waals surface area contributed by atoms with Crippen LogP contribution in [-0.4, -0.2) is 11.5 Å². The average molecular weight is 280 g/mol. The SMILES string of the molecule is Nc1cc(Cl)ccc1-c1nc2c(s1)NCCCC2. The molecule has 1 aromatic heterocycles. The molecule has 0 aliphatic carbocycles. The maximum absolute atomic E-state index is 6.00. The molecule has 1 aromatic carbocycles. The predicted molar refractivity (Wildman–Crippen MR) is 78.4 cm³/mol. The van der Waals surface area contributed by atoms with E-state index in [0.717, 1.165) is 23.5 Å². The van der Waals surface area contributed by atoms with Crippen molar-refractivity contribution in [3.05, 3.63) is 28.9 Å². The molecule has 0 saturated heterocycles. The second kappa shape index (κ2) is 4.78. The Hall–Kier alpha value is -1.26. The van der Waals surface area contributed by atoms with Gasteiger partial charge < -0.3 is 11.1 Å². The van der Waals surface area contributed by atoms with Gasteiger partial charge in [-0.05, 0) is 37.5 Å². The third kappa shape index (κ3) is 2.18. The summed E-state index contributed by atoms with van der Waals surface area (Å²) in [6.45, 7) is 1.03. The lowest BCUT2D eigenvalue weighted by Gasteiger charge is -2.02. The zero-order chi connectivity index (χ0) is 12.5. The number of anilines is 2. The lowest BCUT2D eigenvalue weighted by molar-refractivity contribution is 0.775. The normalized spacial score (nSPS) is 14.7. The van der Waals surface area contributed by atoms with Crippen LogP contribution in [0.3, 0.4) is 0 Å². The summed E-state index contributed by atoms with van der Waals surface area (Å²) in [5.41, 5.74) is 8.83. The van der Waals surface area contributed by atoms with E-state index in [1.165, 1.54) is 23.5 Å². The molecule has 18 heavy (non-hydrogen) atoms. The second-order valence-electron chi connectivity index (χ2n) is 4.41. The molecule has 5 heteroatoms. The minimum Gasteiger partial charge on any atom is -0.398 e. The number of aryl methyl sites for hydroxylation is 1. The van der Waals surface area contributed by atoms with Crippen LogP contribution in [0.4, 0.5) is 10.7 Å². The average Bonchev–Trinajstić information content (AvgIpc) is 2.60. The Balaban J connectivity index is 2.02. The van der Waals surface area contributed by atoms with Crippen LogP contribution in [0.5, 0.6) is 0 Å². The first-order chi connectivity index (χ1) is 8.74. The summed E-state index contributed by atoms with van der Waals surface area (Å²) in [5.74, 6) is 0. The maximum Gasteiger partial charge on any atom is 0.127 e. The van der Waals surface area contributed by atoms with Crippen LogP contribution < -0.4 is 11.1 Å². The number of rotatable bonds is 1. The number of nitrogens with zero attached hydrogens (tertiary/aromatic N) is 1. The highest BCUT2D eigenvalue weighted by molar-refractivity contribution is 7.19. The van der Waals surface area contributed by atoms with Gasteiger partial charge in [-0.3, -0.25) is 0 Å². The highest BCUT2D eigenvalue weighted by Gasteiger charge is 2.16. The Morgan fingerprint density at radius 2 is 2.22 bits per heavy atom. The van der Waals surface area contributed by atoms with E-state index < -0.39 is 0 Å². The summed E-state index contributed by atoms with van der Waals surface area (Å²) in [5, 5.41) is 6.26. The molecule has 3 rings (SSSR count). The quantitative estimate of drug-likeness (QED) is 0.781. The zero-order valence-corrected chi connectivity index (χ0v) is 11.4. The Morgan fingerprint density at radius 1 is 1.33 bits per heavy atom. The van der Waals surface area contributed by atoms with E-state index in [2.05, 4.69) is 5.32 Å². The van der Waals surface area contributed by atoms with Crippen molar-refractivity contribution in [1.82, 2.24) is 4.98 Å². The molecule has 3 N–H and O–H groups in total. The van der Waals surface area contributed by atoms with Crippen molar-refractivity contribution in [2.45, 2.75) is 19.3 Å². The van der Waals surface area contributed by atoms with Crippen molar-refractivity contribution in [3.63, 3.8) is 0 Å². The molecular weight excluding hydrogens is 266 g/mol. The third-order valence-corrected chi connectivity index (χ3v) is 4.39. The van der Waals surface area contributed by atoms with E-state index in [1.807, 2.05) is 12.1 Å². The smallest absolute Gasteiger partial charge is 0.127 e. The van der Waals surface area contributed by atoms with Crippen LogP contribution in [0, 0.1) is 0 Å². The van der Waals surface area contributed by atoms with Gasteiger partial charge in [-0.1, -0.05) is 22.9 Å². The second-order valence-corrected chi connectivity index (χ2v) is 5.85. The summed E-state index contributed by atoms with van der Waals surface area (Å²) >= 11 is 7.59. The van der Waals surface area contributed by atoms with Gasteiger partial charge in [0.05, 0.1) is 5.69 Å². The molecular formula is C13H14ClN3S. The Morgan fingerprint density at radius 3 is 3.06 bits per heavy atom. The van der Waals surface area contributed by atoms with E-state index in [-0.39, 0.29) is 0 Å². The Kier molecular flexibility index (Phi) is 3.14. The Bertz CT molecular complexity index is 556. The van der Waals surface area contributed by atoms with Gasteiger partial charge in [0.15, 0.2) is 0 Å². The maximum atomic E-state index is 6.00. The van der Waals surface area contributed by atoms with Crippen LogP contribution in [0.25, 0.3) is 10.6 Å². The van der Waals surface area contributed by atoms with Gasteiger partial charge in [-0.15, -0.1) is 0 Å². The number of nitrogens with two attached hydrogens (primary N) is 1. The third-order valence-electron chi connectivity index (χ3n) is 3.07. The number of aromatic nitrogens is 1. The van der Waals surface area contributed by atoms with Crippen molar-refractivity contribution in [3.8, 4) is 10.6 Å². The molecule has 2 heterocycles. The zero-order valence-electron chi connectivity index (χ0n) is 9.87. The predicted octanol–water partition coefficient (Wildman–Crippen LogP) is 3.79. The summed E-state index contributed by atoms with van der Waals surface area (Å²) in [4.78, 5) is 4.70. The van der Waals surface area contributed by atoms with Crippen LogP contribution in [-0.2, 0) is 6.42 Å². The molecule has 2 aromatic rings. The number of nitrogens with one attached hydrogen (secondary N) is 1. The fraction of sp³-hybridized carbons (Fsp3) is 0.308. The lowest BCUT2D eigenvalue weighted by atomic mass is 10.2. The van der Waals surface area contributed by atoms with E-state index in [4.69, 9.17) is 22.3 Å². The fourth-order valence-corrected chi connectivity index (χ4v) is 3.39. The van der Waals surface area contributed by atoms with E-state index in [0.29, 0.717) is 10.7 Å². The number of thiazole rings is 1. The van der Waals surface area contributed by atoms with Crippen LogP contribution >= 0.6 is 22.9 Å². The molecule has 1 aliphatic rings. The van der Waals surface area contributed by atoms with Crippen molar-refractivity contribution < 1.29 is 0 Å². The number of benzene rings is 1. The fourth-order valence-electron chi connectivity index (χ4n) is 2.12. The molecule has 0 atom stereocenters. The minimum absolute atomic E-state index is 0.660. The highest BCUT2D eigenvalue weighted by Crippen LogP contribution is 2.37. The summed E-state index contributed by atoms with van der Waals surface area (Å²) < 4.78 is 0. The van der Waals surface area contributed by atoms with Crippen LogP contribution in [0.15, 0.2) is 18.2 Å². The molecule has 0 unspecified atom stereocenters. The van der Waals surface area contributed by atoms with Crippen molar-refractivity contribution >= 4 is 33.6 Å². The van der Waals surface area contributed by atoms with Crippen LogP contribution in [0.2, 0.25) is 5.02 Å². The first kappa shape index (κ1) is 11.8. The molecule has 0 fully saturated rings. The number of fused-ring (bicyclic) bond motifs is 1. The Labute approximate surface area is 115 Å². The van der Waals surface area contributed by atoms with E-state index >= 15 is 0 Å². The minimum atomic E-state index is 0.660. The van der Waals surface area contributed by atoms with Gasteiger partial charge in [-0.25, -0.2) is 4.98 Å². The summed E-state index contributed by atoms with van der Waals surface area (Å²) in [7, 11) is 0. The van der Waals surface area contributed by atoms with Gasteiger partial charge in [0.25, 0.3) is 0 Å². The first-order valence-electron chi connectivity index (χ1n) is 6.03. The molecule has 1 aliphatic heterocycles. The highest BCUT2D eigenvalue weighted by atomic mass is 35.5. The molecule has 0 saturated carbocycles. The molecule has 0 radical (unpaired) electrons. The molecule has 94 valence electrons. The van der Waals surface area contributed by atoms with Gasteiger partial charge in [0.1, 0.15) is 10.0 Å². The molecule has 0 spiro atoms. The summed E-state index contributed by atoms with van der Waals surface area (Å²) in [6, 6.07) is 5.57. The topological polar surface area (TPSA) is 50.9 Å². The first-order valence-corrected chi connectivity index (χ1v) is 7.22. The number of halogens is 1. The standard InChI is InChI=1S/C13H14ClN3S/c14-8-4-5-9(10(15)7-8)12-17-11-3-1-2-6-16-13(11)18-12/h4-5,7,16H,1-3,6,15H2. The van der Waals surface area contributed by atoms with Crippen molar-refractivity contribution in [1.29, 1.82) is 0 Å². The molecule has 0 amide bonds. The van der Waals surface area contributed by atoms with Gasteiger partial charge in [-0.2, -0.15) is 0 Å². The number of hydrogen-bond acceptors (Lipinski definition) is 4. The lowest BCUT2D eigenvalue weighted by Crippen LogP contribution is -1.96. The molecule has 3 nitrogen and oxygen atoms in total.